The average Bonchev–Trinajstić information content (AvgIpc) is 3.16. The largest absolute Gasteiger partial charge is 0.348 e. The molecule has 6 heteroatoms. The maximum atomic E-state index is 13.8. The van der Waals surface area contributed by atoms with Gasteiger partial charge in [0.1, 0.15) is 15.7 Å². The topological polar surface area (TPSA) is 68.0 Å². The van der Waals surface area contributed by atoms with Gasteiger partial charge in [0.2, 0.25) is 0 Å². The molecule has 1 aliphatic carbocycles. The molecule has 3 rings (SSSR count). The number of carbonyl (C=O) groups excluding carboxylic acids is 1. The molecule has 0 radical (unpaired) electrons. The lowest BCUT2D eigenvalue weighted by atomic mass is 10.0. The molecule has 1 fully saturated rings. The predicted molar refractivity (Wildman–Crippen MR) is 85.2 cm³/mol. The molecule has 0 saturated heterocycles. The highest BCUT2D eigenvalue weighted by Gasteiger charge is 2.28. The third-order valence-electron chi connectivity index (χ3n) is 4.11. The highest BCUT2D eigenvalue weighted by atomic mass is 32.1. The van der Waals surface area contributed by atoms with Crippen LogP contribution in [0.1, 0.15) is 28.9 Å². The minimum absolute atomic E-state index is 0.136. The standard InChI is InChI=1S/C16H18FN3OS/c17-12-6-2-1-5-11(12)16-19-9-14(22-16)15(21)20-13-7-3-4-10(13)8-18/h1-2,5-6,9-10,13H,3-4,7-8,18H2,(H,20,21). The van der Waals surface area contributed by atoms with Gasteiger partial charge in [-0.25, -0.2) is 9.37 Å². The molecule has 2 atom stereocenters. The summed E-state index contributed by atoms with van der Waals surface area (Å²) in [5.41, 5.74) is 6.16. The Kier molecular flexibility index (Phi) is 4.49. The van der Waals surface area contributed by atoms with Crippen LogP contribution in [-0.2, 0) is 0 Å². The van der Waals surface area contributed by atoms with E-state index in [9.17, 15) is 9.18 Å². The summed E-state index contributed by atoms with van der Waals surface area (Å²) < 4.78 is 13.8. The van der Waals surface area contributed by atoms with Gasteiger partial charge in [-0.1, -0.05) is 18.6 Å². The van der Waals surface area contributed by atoms with Crippen molar-refractivity contribution in [3.8, 4) is 10.6 Å². The van der Waals surface area contributed by atoms with E-state index in [1.165, 1.54) is 23.6 Å². The average molecular weight is 319 g/mol. The lowest BCUT2D eigenvalue weighted by Crippen LogP contribution is -2.39. The third-order valence-corrected chi connectivity index (χ3v) is 5.14. The zero-order valence-corrected chi connectivity index (χ0v) is 12.9. The molecule has 1 amide bonds. The second-order valence-electron chi connectivity index (χ2n) is 5.52. The van der Waals surface area contributed by atoms with Crippen molar-refractivity contribution in [2.45, 2.75) is 25.3 Å². The number of carbonyl (C=O) groups is 1. The van der Waals surface area contributed by atoms with E-state index in [4.69, 9.17) is 5.73 Å². The van der Waals surface area contributed by atoms with E-state index in [2.05, 4.69) is 10.3 Å². The number of aromatic nitrogens is 1. The van der Waals surface area contributed by atoms with Gasteiger partial charge in [0.25, 0.3) is 5.91 Å². The smallest absolute Gasteiger partial charge is 0.263 e. The van der Waals surface area contributed by atoms with Gasteiger partial charge in [-0.05, 0) is 37.4 Å². The minimum Gasteiger partial charge on any atom is -0.348 e. The lowest BCUT2D eigenvalue weighted by Gasteiger charge is -2.18. The van der Waals surface area contributed by atoms with Crippen LogP contribution in [0.2, 0.25) is 0 Å². The summed E-state index contributed by atoms with van der Waals surface area (Å²) in [5.74, 6) is -0.129. The van der Waals surface area contributed by atoms with Crippen LogP contribution in [0.3, 0.4) is 0 Å². The fourth-order valence-electron chi connectivity index (χ4n) is 2.89. The number of thiazole rings is 1. The lowest BCUT2D eigenvalue weighted by molar-refractivity contribution is 0.0932. The normalized spacial score (nSPS) is 21.0. The summed E-state index contributed by atoms with van der Waals surface area (Å²) in [4.78, 5) is 17.0. The van der Waals surface area contributed by atoms with Gasteiger partial charge in [-0.2, -0.15) is 0 Å². The third kappa shape index (κ3) is 3.03. The highest BCUT2D eigenvalue weighted by Crippen LogP contribution is 2.28. The second-order valence-corrected chi connectivity index (χ2v) is 6.55. The zero-order chi connectivity index (χ0) is 15.5. The van der Waals surface area contributed by atoms with Crippen molar-refractivity contribution in [2.24, 2.45) is 11.7 Å². The van der Waals surface area contributed by atoms with Crippen LogP contribution in [0.15, 0.2) is 30.5 Å². The number of hydrogen-bond donors (Lipinski definition) is 2. The van der Waals surface area contributed by atoms with E-state index in [0.717, 1.165) is 19.3 Å². The van der Waals surface area contributed by atoms with Crippen LogP contribution >= 0.6 is 11.3 Å². The Morgan fingerprint density at radius 3 is 3.00 bits per heavy atom. The number of benzene rings is 1. The Labute approximate surface area is 132 Å². The number of nitrogens with zero attached hydrogens (tertiary/aromatic N) is 1. The Balaban J connectivity index is 1.73. The fourth-order valence-corrected chi connectivity index (χ4v) is 3.73. The Morgan fingerprint density at radius 1 is 1.41 bits per heavy atom. The Hall–Kier alpha value is -1.79. The van der Waals surface area contributed by atoms with Crippen LogP contribution in [0.25, 0.3) is 10.6 Å². The molecule has 116 valence electrons. The minimum atomic E-state index is -0.331. The quantitative estimate of drug-likeness (QED) is 0.910. The Morgan fingerprint density at radius 2 is 2.23 bits per heavy atom. The van der Waals surface area contributed by atoms with Crippen molar-refractivity contribution < 1.29 is 9.18 Å². The highest BCUT2D eigenvalue weighted by molar-refractivity contribution is 7.16. The van der Waals surface area contributed by atoms with Gasteiger partial charge in [0.05, 0.1) is 6.20 Å². The summed E-state index contributed by atoms with van der Waals surface area (Å²) in [6.45, 7) is 0.591. The first-order valence-electron chi connectivity index (χ1n) is 7.40. The number of halogens is 1. The van der Waals surface area contributed by atoms with E-state index < -0.39 is 0 Å². The van der Waals surface area contributed by atoms with Crippen LogP contribution in [0, 0.1) is 11.7 Å². The molecule has 3 N–H and O–H groups in total. The number of hydrogen-bond acceptors (Lipinski definition) is 4. The molecule has 1 aromatic carbocycles. The van der Waals surface area contributed by atoms with E-state index >= 15 is 0 Å². The SMILES string of the molecule is NCC1CCCC1NC(=O)c1cnc(-c2ccccc2F)s1. The van der Waals surface area contributed by atoms with Crippen molar-refractivity contribution in [1.82, 2.24) is 10.3 Å². The zero-order valence-electron chi connectivity index (χ0n) is 12.1. The van der Waals surface area contributed by atoms with E-state index in [1.807, 2.05) is 0 Å². The molecule has 0 bridgehead atoms. The number of amides is 1. The van der Waals surface area contributed by atoms with Gasteiger partial charge >= 0.3 is 0 Å². The molecular weight excluding hydrogens is 301 g/mol. The van der Waals surface area contributed by atoms with Crippen molar-refractivity contribution in [3.63, 3.8) is 0 Å². The molecule has 0 spiro atoms. The molecule has 22 heavy (non-hydrogen) atoms. The summed E-state index contributed by atoms with van der Waals surface area (Å²) in [6.07, 6.45) is 4.63. The molecule has 2 aromatic rings. The molecule has 2 unspecified atom stereocenters. The van der Waals surface area contributed by atoms with E-state index in [1.54, 1.807) is 18.2 Å². The summed E-state index contributed by atoms with van der Waals surface area (Å²) in [6, 6.07) is 6.58. The van der Waals surface area contributed by atoms with Gasteiger partial charge in [-0.3, -0.25) is 4.79 Å². The van der Waals surface area contributed by atoms with Crippen LogP contribution in [0.4, 0.5) is 4.39 Å². The monoisotopic (exact) mass is 319 g/mol. The molecule has 1 aliphatic rings. The van der Waals surface area contributed by atoms with Gasteiger partial charge in [0.15, 0.2) is 0 Å². The molecule has 1 saturated carbocycles. The van der Waals surface area contributed by atoms with E-state index in [0.29, 0.717) is 27.9 Å². The molecule has 1 aromatic heterocycles. The maximum Gasteiger partial charge on any atom is 0.263 e. The predicted octanol–water partition coefficient (Wildman–Crippen LogP) is 2.81. The summed E-state index contributed by atoms with van der Waals surface area (Å²) >= 11 is 1.21. The van der Waals surface area contributed by atoms with Crippen LogP contribution in [0.5, 0.6) is 0 Å². The fraction of sp³-hybridized carbons (Fsp3) is 0.375. The molecule has 4 nitrogen and oxygen atoms in total. The Bertz CT molecular complexity index is 673. The first kappa shape index (κ1) is 15.1. The number of rotatable bonds is 4. The maximum absolute atomic E-state index is 13.8. The molecule has 1 heterocycles. The first-order chi connectivity index (χ1) is 10.7. The van der Waals surface area contributed by atoms with Crippen molar-refractivity contribution in [2.75, 3.05) is 6.54 Å². The van der Waals surface area contributed by atoms with Gasteiger partial charge in [0, 0.05) is 11.6 Å². The number of nitrogens with one attached hydrogen (secondary N) is 1. The molecule has 0 aliphatic heterocycles. The van der Waals surface area contributed by atoms with Crippen LogP contribution < -0.4 is 11.1 Å². The number of nitrogens with two attached hydrogens (primary N) is 1. The first-order valence-corrected chi connectivity index (χ1v) is 8.22. The summed E-state index contributed by atoms with van der Waals surface area (Å²) in [7, 11) is 0. The van der Waals surface area contributed by atoms with Crippen molar-refractivity contribution in [3.05, 3.63) is 41.2 Å². The van der Waals surface area contributed by atoms with Gasteiger partial charge < -0.3 is 11.1 Å². The van der Waals surface area contributed by atoms with Crippen molar-refractivity contribution >= 4 is 17.2 Å². The molecular formula is C16H18FN3OS. The van der Waals surface area contributed by atoms with Crippen molar-refractivity contribution in [1.29, 1.82) is 0 Å². The second kappa shape index (κ2) is 6.54. The summed E-state index contributed by atoms with van der Waals surface area (Å²) in [5, 5.41) is 3.55. The van der Waals surface area contributed by atoms with Crippen LogP contribution in [-0.4, -0.2) is 23.5 Å². The van der Waals surface area contributed by atoms with E-state index in [-0.39, 0.29) is 17.8 Å². The van der Waals surface area contributed by atoms with Gasteiger partial charge in [-0.15, -0.1) is 11.3 Å².